The first-order chi connectivity index (χ1) is 12.5. The van der Waals surface area contributed by atoms with Gasteiger partial charge in [-0.1, -0.05) is 48.7 Å². The maximum absolute atomic E-state index is 12.6. The fourth-order valence-corrected chi connectivity index (χ4v) is 3.97. The lowest BCUT2D eigenvalue weighted by atomic mass is 9.98. The molecule has 0 bridgehead atoms. The Morgan fingerprint density at radius 1 is 1.12 bits per heavy atom. The molecule has 1 heterocycles. The van der Waals surface area contributed by atoms with Gasteiger partial charge in [0, 0.05) is 15.8 Å². The smallest absolute Gasteiger partial charge is 0.331 e. The van der Waals surface area contributed by atoms with Gasteiger partial charge in [-0.3, -0.25) is 9.69 Å². The second-order valence-corrected chi connectivity index (χ2v) is 7.08. The van der Waals surface area contributed by atoms with E-state index in [0.29, 0.717) is 29.0 Å². The van der Waals surface area contributed by atoms with E-state index in [4.69, 9.17) is 16.3 Å². The summed E-state index contributed by atoms with van der Waals surface area (Å²) >= 11 is 6.16. The van der Waals surface area contributed by atoms with Gasteiger partial charge in [-0.05, 0) is 25.0 Å². The Morgan fingerprint density at radius 3 is 2.54 bits per heavy atom. The van der Waals surface area contributed by atoms with Gasteiger partial charge in [-0.2, -0.15) is 0 Å². The highest BCUT2D eigenvalue weighted by Gasteiger charge is 2.52. The molecule has 1 aliphatic heterocycles. The molecule has 2 aromatic carbocycles. The van der Waals surface area contributed by atoms with Gasteiger partial charge in [0.15, 0.2) is 0 Å². The molecule has 1 saturated heterocycles. The number of halogens is 1. The predicted molar refractivity (Wildman–Crippen MR) is 96.0 cm³/mol. The van der Waals surface area contributed by atoms with E-state index in [2.05, 4.69) is 5.32 Å². The fraction of sp³-hybridized carbons (Fsp3) is 0.316. The summed E-state index contributed by atoms with van der Waals surface area (Å²) < 4.78 is 5.42. The van der Waals surface area contributed by atoms with Crippen LogP contribution in [0.5, 0.6) is 5.75 Å². The largest absolute Gasteiger partial charge is 0.425 e. The van der Waals surface area contributed by atoms with Gasteiger partial charge in [0.2, 0.25) is 0 Å². The number of hydrogen-bond donors (Lipinski definition) is 1. The van der Waals surface area contributed by atoms with Crippen molar-refractivity contribution in [2.45, 2.75) is 31.2 Å². The number of carbonyl (C=O) groups is 3. The first kappa shape index (κ1) is 16.8. The minimum absolute atomic E-state index is 0.335. The standard InChI is InChI=1S/C19H17ClN2O4/c20-14-7-8-15(13-6-2-1-5-12(13)14)26-16(23)11-22-17(24)19(21-18(22)25)9-3-4-10-19/h1-2,5-8H,3-4,9-11H2,(H,21,25). The average molecular weight is 373 g/mol. The van der Waals surface area contributed by atoms with Gasteiger partial charge in [0.05, 0.1) is 0 Å². The molecule has 0 unspecified atom stereocenters. The summed E-state index contributed by atoms with van der Waals surface area (Å²) in [7, 11) is 0. The number of esters is 1. The Hall–Kier alpha value is -2.60. The number of imide groups is 1. The third-order valence-electron chi connectivity index (χ3n) is 5.04. The monoisotopic (exact) mass is 372 g/mol. The van der Waals surface area contributed by atoms with Crippen LogP contribution in [0.25, 0.3) is 10.8 Å². The van der Waals surface area contributed by atoms with E-state index in [1.807, 2.05) is 18.2 Å². The summed E-state index contributed by atoms with van der Waals surface area (Å²) in [5, 5.41) is 4.76. The van der Waals surface area contributed by atoms with Crippen molar-refractivity contribution in [1.82, 2.24) is 10.2 Å². The third-order valence-corrected chi connectivity index (χ3v) is 5.37. The van der Waals surface area contributed by atoms with Gasteiger partial charge in [0.25, 0.3) is 5.91 Å². The van der Waals surface area contributed by atoms with Gasteiger partial charge >= 0.3 is 12.0 Å². The Labute approximate surface area is 155 Å². The topological polar surface area (TPSA) is 75.7 Å². The van der Waals surface area contributed by atoms with Crippen LogP contribution in [0.15, 0.2) is 36.4 Å². The summed E-state index contributed by atoms with van der Waals surface area (Å²) in [6, 6.07) is 10.0. The Bertz CT molecular complexity index is 921. The molecule has 3 amide bonds. The highest BCUT2D eigenvalue weighted by atomic mass is 35.5. The van der Waals surface area contributed by atoms with Crippen LogP contribution in [0.4, 0.5) is 4.79 Å². The summed E-state index contributed by atoms with van der Waals surface area (Å²) in [6.45, 7) is -0.413. The lowest BCUT2D eigenvalue weighted by Gasteiger charge is -2.19. The van der Waals surface area contributed by atoms with Crippen molar-refractivity contribution in [3.05, 3.63) is 41.4 Å². The number of benzene rings is 2. The molecule has 134 valence electrons. The molecule has 1 saturated carbocycles. The molecule has 2 aliphatic rings. The van der Waals surface area contributed by atoms with E-state index in [1.165, 1.54) is 0 Å². The number of nitrogens with zero attached hydrogens (tertiary/aromatic N) is 1. The molecule has 6 nitrogen and oxygen atoms in total. The van der Waals surface area contributed by atoms with Crippen LogP contribution in [0.1, 0.15) is 25.7 Å². The summed E-state index contributed by atoms with van der Waals surface area (Å²) in [5.41, 5.74) is -0.829. The normalized spacial score (nSPS) is 18.6. The fourth-order valence-electron chi connectivity index (χ4n) is 3.74. The highest BCUT2D eigenvalue weighted by molar-refractivity contribution is 6.35. The zero-order valence-electron chi connectivity index (χ0n) is 14.0. The Morgan fingerprint density at radius 2 is 1.81 bits per heavy atom. The summed E-state index contributed by atoms with van der Waals surface area (Å²) in [6.07, 6.45) is 3.01. The van der Waals surface area contributed by atoms with E-state index < -0.39 is 24.1 Å². The molecule has 7 heteroatoms. The van der Waals surface area contributed by atoms with Crippen molar-refractivity contribution in [1.29, 1.82) is 0 Å². The first-order valence-corrected chi connectivity index (χ1v) is 8.90. The molecule has 1 aliphatic carbocycles. The lowest BCUT2D eigenvalue weighted by Crippen LogP contribution is -2.44. The second kappa shape index (κ2) is 6.29. The Kier molecular flexibility index (Phi) is 4.07. The number of fused-ring (bicyclic) bond motifs is 1. The zero-order valence-corrected chi connectivity index (χ0v) is 14.7. The van der Waals surface area contributed by atoms with Crippen LogP contribution < -0.4 is 10.1 Å². The van der Waals surface area contributed by atoms with E-state index >= 15 is 0 Å². The van der Waals surface area contributed by atoms with Gasteiger partial charge < -0.3 is 10.1 Å². The van der Waals surface area contributed by atoms with Crippen molar-refractivity contribution in [2.24, 2.45) is 0 Å². The minimum Gasteiger partial charge on any atom is -0.425 e. The molecule has 1 N–H and O–H groups in total. The average Bonchev–Trinajstić information content (AvgIpc) is 3.19. The highest BCUT2D eigenvalue weighted by Crippen LogP contribution is 2.35. The molecule has 2 aromatic rings. The zero-order chi connectivity index (χ0) is 18.3. The van der Waals surface area contributed by atoms with Gasteiger partial charge in [0.1, 0.15) is 17.8 Å². The number of nitrogens with one attached hydrogen (secondary N) is 1. The molecule has 2 fully saturated rings. The SMILES string of the molecule is O=C(CN1C(=O)NC2(CCCC2)C1=O)Oc1ccc(Cl)c2ccccc12. The van der Waals surface area contributed by atoms with Crippen molar-refractivity contribution in [2.75, 3.05) is 6.54 Å². The van der Waals surface area contributed by atoms with Crippen molar-refractivity contribution in [3.8, 4) is 5.75 Å². The number of ether oxygens (including phenoxy) is 1. The molecule has 0 aromatic heterocycles. The van der Waals surface area contributed by atoms with Gasteiger partial charge in [-0.15, -0.1) is 0 Å². The molecule has 0 radical (unpaired) electrons. The van der Waals surface area contributed by atoms with Crippen LogP contribution in [0.3, 0.4) is 0 Å². The lowest BCUT2D eigenvalue weighted by molar-refractivity contribution is -0.140. The van der Waals surface area contributed by atoms with E-state index in [9.17, 15) is 14.4 Å². The predicted octanol–water partition coefficient (Wildman–Crippen LogP) is 3.26. The number of amides is 3. The second-order valence-electron chi connectivity index (χ2n) is 6.68. The van der Waals surface area contributed by atoms with Crippen molar-refractivity contribution in [3.63, 3.8) is 0 Å². The maximum atomic E-state index is 12.6. The molecular weight excluding hydrogens is 356 g/mol. The molecule has 4 rings (SSSR count). The van der Waals surface area contributed by atoms with E-state index in [1.54, 1.807) is 18.2 Å². The van der Waals surface area contributed by atoms with Crippen LogP contribution in [0, 0.1) is 0 Å². The molecular formula is C19H17ClN2O4. The number of carbonyl (C=O) groups excluding carboxylic acids is 3. The quantitative estimate of drug-likeness (QED) is 0.509. The minimum atomic E-state index is -0.829. The number of hydrogen-bond acceptors (Lipinski definition) is 4. The van der Waals surface area contributed by atoms with Crippen molar-refractivity contribution < 1.29 is 19.1 Å². The van der Waals surface area contributed by atoms with Crippen LogP contribution in [-0.2, 0) is 9.59 Å². The molecule has 26 heavy (non-hydrogen) atoms. The summed E-state index contributed by atoms with van der Waals surface area (Å²) in [5.74, 6) is -0.661. The van der Waals surface area contributed by atoms with Crippen molar-refractivity contribution >= 4 is 40.3 Å². The first-order valence-electron chi connectivity index (χ1n) is 8.52. The van der Waals surface area contributed by atoms with Crippen LogP contribution in [-0.4, -0.2) is 34.9 Å². The number of rotatable bonds is 3. The van der Waals surface area contributed by atoms with Gasteiger partial charge in [-0.25, -0.2) is 9.59 Å². The Balaban J connectivity index is 1.52. The van der Waals surface area contributed by atoms with E-state index in [0.717, 1.165) is 23.1 Å². The van der Waals surface area contributed by atoms with Crippen LogP contribution in [0.2, 0.25) is 5.02 Å². The number of urea groups is 1. The van der Waals surface area contributed by atoms with Crippen LogP contribution >= 0.6 is 11.6 Å². The maximum Gasteiger partial charge on any atom is 0.331 e. The molecule has 1 spiro atoms. The summed E-state index contributed by atoms with van der Waals surface area (Å²) in [4.78, 5) is 38.1. The van der Waals surface area contributed by atoms with E-state index in [-0.39, 0.29) is 5.91 Å². The molecule has 0 atom stereocenters. The third kappa shape index (κ3) is 2.70.